The van der Waals surface area contributed by atoms with Crippen LogP contribution in [0.25, 0.3) is 0 Å². The van der Waals surface area contributed by atoms with Crippen molar-refractivity contribution in [3.63, 3.8) is 0 Å². The average Bonchev–Trinajstić information content (AvgIpc) is 2.64. The lowest BCUT2D eigenvalue weighted by molar-refractivity contribution is 0.102. The van der Waals surface area contributed by atoms with E-state index in [9.17, 15) is 9.18 Å². The first-order valence-corrected chi connectivity index (χ1v) is 8.21. The number of benzene rings is 2. The van der Waals surface area contributed by atoms with Crippen LogP contribution in [-0.4, -0.2) is 15.9 Å². The molecule has 0 aliphatic rings. The molecule has 0 bridgehead atoms. The Labute approximate surface area is 151 Å². The van der Waals surface area contributed by atoms with Crippen molar-refractivity contribution in [2.45, 2.75) is 20.4 Å². The monoisotopic (exact) mass is 350 g/mol. The number of hydrogen-bond donors (Lipinski definition) is 2. The molecule has 132 valence electrons. The molecular formula is C20H19FN4O. The molecule has 1 heterocycles. The van der Waals surface area contributed by atoms with Gasteiger partial charge in [0.15, 0.2) is 0 Å². The molecule has 6 heteroatoms. The van der Waals surface area contributed by atoms with Crippen LogP contribution in [0.1, 0.15) is 27.0 Å². The maximum absolute atomic E-state index is 13.6. The number of nitrogens with zero attached hydrogens (tertiary/aromatic N) is 2. The van der Waals surface area contributed by atoms with E-state index < -0.39 is 0 Å². The van der Waals surface area contributed by atoms with Crippen molar-refractivity contribution in [3.8, 4) is 0 Å². The Morgan fingerprint density at radius 3 is 2.46 bits per heavy atom. The molecule has 1 aromatic heterocycles. The van der Waals surface area contributed by atoms with Gasteiger partial charge in [-0.2, -0.15) is 0 Å². The van der Waals surface area contributed by atoms with Gasteiger partial charge in [0.1, 0.15) is 5.82 Å². The van der Waals surface area contributed by atoms with E-state index in [1.54, 1.807) is 18.2 Å². The van der Waals surface area contributed by atoms with Gasteiger partial charge in [0.25, 0.3) is 5.91 Å². The molecule has 26 heavy (non-hydrogen) atoms. The lowest BCUT2D eigenvalue weighted by atomic mass is 10.1. The maximum Gasteiger partial charge on any atom is 0.258 e. The smallest absolute Gasteiger partial charge is 0.258 e. The number of nitrogens with one attached hydrogen (secondary N) is 2. The van der Waals surface area contributed by atoms with Crippen molar-refractivity contribution in [2.75, 3.05) is 10.6 Å². The predicted molar refractivity (Wildman–Crippen MR) is 99.6 cm³/mol. The van der Waals surface area contributed by atoms with E-state index in [1.165, 1.54) is 18.5 Å². The number of hydrogen-bond acceptors (Lipinski definition) is 4. The minimum absolute atomic E-state index is 0.265. The summed E-state index contributed by atoms with van der Waals surface area (Å²) in [6, 6.07) is 12.2. The van der Waals surface area contributed by atoms with Gasteiger partial charge >= 0.3 is 0 Å². The number of halogens is 1. The molecule has 0 fully saturated rings. The zero-order valence-electron chi connectivity index (χ0n) is 14.6. The van der Waals surface area contributed by atoms with E-state index in [4.69, 9.17) is 0 Å². The van der Waals surface area contributed by atoms with Crippen molar-refractivity contribution in [1.82, 2.24) is 9.97 Å². The van der Waals surface area contributed by atoms with Gasteiger partial charge in [-0.25, -0.2) is 14.4 Å². The molecule has 0 aliphatic carbocycles. The molecule has 0 saturated heterocycles. The zero-order valence-corrected chi connectivity index (χ0v) is 14.6. The third kappa shape index (κ3) is 4.22. The summed E-state index contributed by atoms with van der Waals surface area (Å²) < 4.78 is 13.6. The molecule has 3 aromatic rings. The van der Waals surface area contributed by atoms with Gasteiger partial charge in [-0.3, -0.25) is 4.79 Å². The van der Waals surface area contributed by atoms with Gasteiger partial charge in [-0.1, -0.05) is 24.3 Å². The fourth-order valence-electron chi connectivity index (χ4n) is 2.38. The number of rotatable bonds is 5. The van der Waals surface area contributed by atoms with Crippen molar-refractivity contribution in [3.05, 3.63) is 82.9 Å². The maximum atomic E-state index is 13.6. The lowest BCUT2D eigenvalue weighted by Gasteiger charge is -2.08. The Morgan fingerprint density at radius 2 is 1.77 bits per heavy atom. The van der Waals surface area contributed by atoms with Crippen LogP contribution in [0.3, 0.4) is 0 Å². The minimum Gasteiger partial charge on any atom is -0.350 e. The number of carbonyl (C=O) groups excluding carboxylic acids is 1. The number of aryl methyl sites for hydroxylation is 2. The first kappa shape index (κ1) is 17.5. The van der Waals surface area contributed by atoms with Crippen LogP contribution in [0.2, 0.25) is 0 Å². The van der Waals surface area contributed by atoms with Gasteiger partial charge in [0.05, 0.1) is 5.56 Å². The minimum atomic E-state index is -0.288. The van der Waals surface area contributed by atoms with Crippen LogP contribution in [-0.2, 0) is 6.54 Å². The van der Waals surface area contributed by atoms with E-state index in [-0.39, 0.29) is 18.3 Å². The molecule has 2 N–H and O–H groups in total. The van der Waals surface area contributed by atoms with Crippen LogP contribution < -0.4 is 10.6 Å². The molecule has 0 spiro atoms. The van der Waals surface area contributed by atoms with Gasteiger partial charge in [0, 0.05) is 30.2 Å². The van der Waals surface area contributed by atoms with Gasteiger partial charge in [-0.05, 0) is 43.2 Å². The summed E-state index contributed by atoms with van der Waals surface area (Å²) in [5, 5.41) is 5.76. The standard InChI is InChI=1S/C20H19FN4O/c1-13-7-8-17(9-14(13)2)25-19(26)16-11-23-20(24-12-16)22-10-15-5-3-4-6-18(15)21/h3-9,11-12H,10H2,1-2H3,(H,25,26)(H,22,23,24). The fraction of sp³-hybridized carbons (Fsp3) is 0.150. The highest BCUT2D eigenvalue weighted by molar-refractivity contribution is 6.03. The quantitative estimate of drug-likeness (QED) is 0.727. The Bertz CT molecular complexity index is 925. The summed E-state index contributed by atoms with van der Waals surface area (Å²) in [7, 11) is 0. The molecule has 0 saturated carbocycles. The summed E-state index contributed by atoms with van der Waals surface area (Å²) in [5.74, 6) is -0.241. The number of anilines is 2. The van der Waals surface area contributed by atoms with Crippen molar-refractivity contribution in [1.29, 1.82) is 0 Å². The van der Waals surface area contributed by atoms with Crippen LogP contribution >= 0.6 is 0 Å². The Hall–Kier alpha value is -3.28. The Morgan fingerprint density at radius 1 is 1.04 bits per heavy atom. The highest BCUT2D eigenvalue weighted by Crippen LogP contribution is 2.15. The highest BCUT2D eigenvalue weighted by Gasteiger charge is 2.09. The largest absolute Gasteiger partial charge is 0.350 e. The second-order valence-electron chi connectivity index (χ2n) is 5.99. The third-order valence-electron chi connectivity index (χ3n) is 4.07. The average molecular weight is 350 g/mol. The first-order chi connectivity index (χ1) is 12.5. The normalized spacial score (nSPS) is 10.4. The number of amides is 1. The van der Waals surface area contributed by atoms with E-state index in [0.29, 0.717) is 17.1 Å². The van der Waals surface area contributed by atoms with Crippen molar-refractivity contribution >= 4 is 17.5 Å². The summed E-state index contributed by atoms with van der Waals surface area (Å²) in [6.45, 7) is 4.27. The molecule has 0 aliphatic heterocycles. The molecule has 2 aromatic carbocycles. The summed E-state index contributed by atoms with van der Waals surface area (Å²) in [6.07, 6.45) is 2.88. The molecule has 0 atom stereocenters. The zero-order chi connectivity index (χ0) is 18.5. The van der Waals surface area contributed by atoms with Gasteiger partial charge in [-0.15, -0.1) is 0 Å². The highest BCUT2D eigenvalue weighted by atomic mass is 19.1. The second-order valence-corrected chi connectivity index (χ2v) is 5.99. The van der Waals surface area contributed by atoms with Crippen molar-refractivity contribution < 1.29 is 9.18 Å². The summed E-state index contributed by atoms with van der Waals surface area (Å²) in [4.78, 5) is 20.5. The van der Waals surface area contributed by atoms with Crippen molar-refractivity contribution in [2.24, 2.45) is 0 Å². The van der Waals surface area contributed by atoms with Crippen LogP contribution in [0.4, 0.5) is 16.0 Å². The van der Waals surface area contributed by atoms with Crippen LogP contribution in [0.5, 0.6) is 0 Å². The third-order valence-corrected chi connectivity index (χ3v) is 4.07. The molecule has 3 rings (SSSR count). The van der Waals surface area contributed by atoms with Gasteiger partial charge in [0.2, 0.25) is 5.95 Å². The molecule has 5 nitrogen and oxygen atoms in total. The van der Waals surface area contributed by atoms with Crippen LogP contribution in [0, 0.1) is 19.7 Å². The number of carbonyl (C=O) groups is 1. The predicted octanol–water partition coefficient (Wildman–Crippen LogP) is 4.10. The molecular weight excluding hydrogens is 331 g/mol. The summed E-state index contributed by atoms with van der Waals surface area (Å²) >= 11 is 0. The van der Waals surface area contributed by atoms with E-state index in [0.717, 1.165) is 16.8 Å². The number of aromatic nitrogens is 2. The molecule has 0 radical (unpaired) electrons. The SMILES string of the molecule is Cc1ccc(NC(=O)c2cnc(NCc3ccccc3F)nc2)cc1C. The topological polar surface area (TPSA) is 66.9 Å². The Balaban J connectivity index is 1.62. The van der Waals surface area contributed by atoms with E-state index in [2.05, 4.69) is 20.6 Å². The van der Waals surface area contributed by atoms with Crippen LogP contribution in [0.15, 0.2) is 54.9 Å². The summed E-state index contributed by atoms with van der Waals surface area (Å²) in [5.41, 5.74) is 3.86. The first-order valence-electron chi connectivity index (χ1n) is 8.21. The molecule has 1 amide bonds. The fourth-order valence-corrected chi connectivity index (χ4v) is 2.38. The van der Waals surface area contributed by atoms with E-state index >= 15 is 0 Å². The van der Waals surface area contributed by atoms with Gasteiger partial charge < -0.3 is 10.6 Å². The second kappa shape index (κ2) is 7.74. The van der Waals surface area contributed by atoms with E-state index in [1.807, 2.05) is 32.0 Å². The lowest BCUT2D eigenvalue weighted by Crippen LogP contribution is -2.13. The molecule has 0 unspecified atom stereocenters. The Kier molecular flexibility index (Phi) is 5.22.